The molecule has 0 atom stereocenters. The van der Waals surface area contributed by atoms with Gasteiger partial charge in [-0.15, -0.1) is 0 Å². The summed E-state index contributed by atoms with van der Waals surface area (Å²) in [4.78, 5) is 0. The van der Waals surface area contributed by atoms with Gasteiger partial charge in [0.15, 0.2) is 0 Å². The number of nitrogens with one attached hydrogen (secondary N) is 1. The molecule has 1 N–H and O–H groups in total. The van der Waals surface area contributed by atoms with Crippen LogP contribution in [-0.2, 0) is 9.84 Å². The van der Waals surface area contributed by atoms with Crippen molar-refractivity contribution in [1.29, 1.82) is 0 Å². The van der Waals surface area contributed by atoms with E-state index < -0.39 is 9.84 Å². The Morgan fingerprint density at radius 3 is 2.61 bits per heavy atom. The van der Waals surface area contributed by atoms with Gasteiger partial charge in [-0.2, -0.15) is 0 Å². The lowest BCUT2D eigenvalue weighted by molar-refractivity contribution is 0.313. The lowest BCUT2D eigenvalue weighted by atomic mass is 10.1. The average Bonchev–Trinajstić information content (AvgIpc) is 2.27. The molecule has 0 bridgehead atoms. The topological polar surface area (TPSA) is 55.4 Å². The van der Waals surface area contributed by atoms with Crippen LogP contribution in [0.3, 0.4) is 0 Å². The quantitative estimate of drug-likeness (QED) is 0.760. The van der Waals surface area contributed by atoms with E-state index in [9.17, 15) is 8.42 Å². The minimum atomic E-state index is -2.88. The van der Waals surface area contributed by atoms with Crippen molar-refractivity contribution in [2.75, 3.05) is 31.7 Å². The highest BCUT2D eigenvalue weighted by molar-refractivity contribution is 7.90. The number of hydrogen-bond acceptors (Lipinski definition) is 4. The first-order valence-corrected chi connectivity index (χ1v) is 8.03. The third-order valence-corrected chi connectivity index (χ3v) is 3.69. The fraction of sp³-hybridized carbons (Fsp3) is 0.538. The number of benzene rings is 1. The number of hydrogen-bond donors (Lipinski definition) is 1. The molecule has 1 rings (SSSR count). The van der Waals surface area contributed by atoms with E-state index >= 15 is 0 Å². The van der Waals surface area contributed by atoms with Crippen LogP contribution in [0.4, 0.5) is 0 Å². The van der Waals surface area contributed by atoms with E-state index in [1.165, 1.54) is 11.8 Å². The van der Waals surface area contributed by atoms with Gasteiger partial charge in [0, 0.05) is 19.3 Å². The first-order chi connectivity index (χ1) is 8.40. The van der Waals surface area contributed by atoms with Crippen LogP contribution in [0, 0.1) is 13.8 Å². The molecule has 0 saturated carbocycles. The average molecular weight is 271 g/mol. The van der Waals surface area contributed by atoms with Crippen LogP contribution < -0.4 is 10.1 Å². The second-order valence-corrected chi connectivity index (χ2v) is 6.69. The lowest BCUT2D eigenvalue weighted by Gasteiger charge is -2.11. The fourth-order valence-electron chi connectivity index (χ4n) is 1.50. The molecule has 0 aromatic heterocycles. The standard InChI is InChI=1S/C13H21NO3S/c1-11-5-4-6-13(12(11)2)17-9-7-14-8-10-18(3,15)16/h4-6,14H,7-10H2,1-3H3. The molecule has 0 fully saturated rings. The molecule has 0 aliphatic rings. The van der Waals surface area contributed by atoms with Crippen molar-refractivity contribution < 1.29 is 13.2 Å². The Balaban J connectivity index is 2.24. The van der Waals surface area contributed by atoms with Gasteiger partial charge in [0.2, 0.25) is 0 Å². The molecular weight excluding hydrogens is 250 g/mol. The molecule has 102 valence electrons. The molecule has 0 radical (unpaired) electrons. The molecule has 0 unspecified atom stereocenters. The molecule has 0 aliphatic heterocycles. The van der Waals surface area contributed by atoms with Crippen LogP contribution >= 0.6 is 0 Å². The van der Waals surface area contributed by atoms with Crippen molar-refractivity contribution in [2.24, 2.45) is 0 Å². The predicted molar refractivity (Wildman–Crippen MR) is 74.0 cm³/mol. The summed E-state index contributed by atoms with van der Waals surface area (Å²) < 4.78 is 27.4. The maximum atomic E-state index is 10.9. The monoisotopic (exact) mass is 271 g/mol. The highest BCUT2D eigenvalue weighted by atomic mass is 32.2. The molecule has 0 heterocycles. The fourth-order valence-corrected chi connectivity index (χ4v) is 2.01. The Morgan fingerprint density at radius 2 is 1.94 bits per heavy atom. The summed E-state index contributed by atoms with van der Waals surface area (Å²) in [5, 5.41) is 3.04. The van der Waals surface area contributed by atoms with E-state index in [0.29, 0.717) is 19.7 Å². The Morgan fingerprint density at radius 1 is 1.22 bits per heavy atom. The molecule has 1 aromatic carbocycles. The normalized spacial score (nSPS) is 11.5. The molecule has 0 saturated heterocycles. The van der Waals surface area contributed by atoms with E-state index in [4.69, 9.17) is 4.74 Å². The van der Waals surface area contributed by atoms with Crippen LogP contribution in [0.2, 0.25) is 0 Å². The Hall–Kier alpha value is -1.07. The Labute approximate surface area is 109 Å². The number of ether oxygens (including phenoxy) is 1. The maximum Gasteiger partial charge on any atom is 0.148 e. The highest BCUT2D eigenvalue weighted by Crippen LogP contribution is 2.20. The predicted octanol–water partition coefficient (Wildman–Crippen LogP) is 1.32. The second-order valence-electron chi connectivity index (χ2n) is 4.43. The maximum absolute atomic E-state index is 10.9. The van der Waals surface area contributed by atoms with Crippen molar-refractivity contribution in [3.8, 4) is 5.75 Å². The summed E-state index contributed by atoms with van der Waals surface area (Å²) in [6.45, 7) is 5.72. The number of sulfone groups is 1. The van der Waals surface area contributed by atoms with Gasteiger partial charge in [0.1, 0.15) is 22.2 Å². The minimum absolute atomic E-state index is 0.163. The number of aryl methyl sites for hydroxylation is 1. The van der Waals surface area contributed by atoms with Gasteiger partial charge in [-0.05, 0) is 31.0 Å². The van der Waals surface area contributed by atoms with Gasteiger partial charge in [-0.25, -0.2) is 8.42 Å². The van der Waals surface area contributed by atoms with E-state index in [1.54, 1.807) is 0 Å². The summed E-state index contributed by atoms with van der Waals surface area (Å²) >= 11 is 0. The molecule has 0 amide bonds. The van der Waals surface area contributed by atoms with E-state index in [0.717, 1.165) is 11.3 Å². The van der Waals surface area contributed by atoms with E-state index in [1.807, 2.05) is 32.0 Å². The van der Waals surface area contributed by atoms with Crippen molar-refractivity contribution >= 4 is 9.84 Å². The smallest absolute Gasteiger partial charge is 0.148 e. The summed E-state index contributed by atoms with van der Waals surface area (Å²) in [6, 6.07) is 5.96. The van der Waals surface area contributed by atoms with Crippen molar-refractivity contribution in [3.05, 3.63) is 29.3 Å². The van der Waals surface area contributed by atoms with E-state index in [-0.39, 0.29) is 5.75 Å². The van der Waals surface area contributed by atoms with Gasteiger partial charge in [-0.3, -0.25) is 0 Å². The number of rotatable bonds is 7. The van der Waals surface area contributed by atoms with Crippen molar-refractivity contribution in [2.45, 2.75) is 13.8 Å². The van der Waals surface area contributed by atoms with E-state index in [2.05, 4.69) is 5.32 Å². The lowest BCUT2D eigenvalue weighted by Crippen LogP contribution is -2.26. The Bertz CT molecular complexity index is 483. The zero-order chi connectivity index (χ0) is 13.6. The van der Waals surface area contributed by atoms with Gasteiger partial charge >= 0.3 is 0 Å². The van der Waals surface area contributed by atoms with Crippen LogP contribution in [0.15, 0.2) is 18.2 Å². The Kier molecular flexibility index (Phi) is 5.62. The zero-order valence-corrected chi connectivity index (χ0v) is 12.0. The molecule has 5 heteroatoms. The summed E-state index contributed by atoms with van der Waals surface area (Å²) in [5.41, 5.74) is 2.35. The van der Waals surface area contributed by atoms with Crippen molar-refractivity contribution in [3.63, 3.8) is 0 Å². The van der Waals surface area contributed by atoms with Crippen LogP contribution in [0.5, 0.6) is 5.75 Å². The largest absolute Gasteiger partial charge is 0.492 e. The second kappa shape index (κ2) is 6.75. The van der Waals surface area contributed by atoms with Crippen molar-refractivity contribution in [1.82, 2.24) is 5.32 Å². The highest BCUT2D eigenvalue weighted by Gasteiger charge is 2.02. The van der Waals surface area contributed by atoms with Crippen LogP contribution in [0.1, 0.15) is 11.1 Å². The molecule has 0 aliphatic carbocycles. The molecule has 1 aromatic rings. The summed E-state index contributed by atoms with van der Waals surface area (Å²) in [6.07, 6.45) is 1.24. The molecular formula is C13H21NO3S. The van der Waals surface area contributed by atoms with Crippen LogP contribution in [0.25, 0.3) is 0 Å². The summed E-state index contributed by atoms with van der Waals surface area (Å²) in [7, 11) is -2.88. The van der Waals surface area contributed by atoms with Gasteiger partial charge in [0.05, 0.1) is 5.75 Å². The summed E-state index contributed by atoms with van der Waals surface area (Å²) in [5.74, 6) is 1.05. The van der Waals surface area contributed by atoms with Gasteiger partial charge in [0.25, 0.3) is 0 Å². The minimum Gasteiger partial charge on any atom is -0.492 e. The molecule has 4 nitrogen and oxygen atoms in total. The third-order valence-electron chi connectivity index (χ3n) is 2.74. The zero-order valence-electron chi connectivity index (χ0n) is 11.2. The third kappa shape index (κ3) is 5.51. The first-order valence-electron chi connectivity index (χ1n) is 5.97. The van der Waals surface area contributed by atoms with Gasteiger partial charge in [-0.1, -0.05) is 12.1 Å². The molecule has 0 spiro atoms. The SMILES string of the molecule is Cc1cccc(OCCNCCS(C)(=O)=O)c1C. The van der Waals surface area contributed by atoms with Crippen LogP contribution in [-0.4, -0.2) is 40.1 Å². The molecule has 18 heavy (non-hydrogen) atoms. The van der Waals surface area contributed by atoms with Gasteiger partial charge < -0.3 is 10.1 Å². The first kappa shape index (κ1) is 15.0.